The Morgan fingerprint density at radius 2 is 0.970 bits per heavy atom. The highest BCUT2D eigenvalue weighted by Gasteiger charge is 2.34. The summed E-state index contributed by atoms with van der Waals surface area (Å²) in [7, 11) is 0. The predicted molar refractivity (Wildman–Crippen MR) is 382 cm³/mol. The number of nitrogens with one attached hydrogen (secondary N) is 7. The number of esters is 4. The minimum Gasteiger partial charge on any atom is -0.481 e. The second-order valence-electron chi connectivity index (χ2n) is 30.8. The molecule has 1 saturated carbocycles. The lowest BCUT2D eigenvalue weighted by Gasteiger charge is -2.30. The summed E-state index contributed by atoms with van der Waals surface area (Å²) in [5.41, 5.74) is -2.13. The SMILES string of the molecule is CC(=O)[C@H](CCCCNC(=O)C(Cc1ccc2ccccc2c1)NC(=O)C1CCC(CNC(=O)[C@H](CCCCNC(=O)CN2CCN(CC(=O)OC(C)(C)C)CCN(CC(=O)OC(C)(C)C)CC2)NC(=O)CCCCC(=O)O)CC1)NC(=O)N[C@@H](CCC(=O)OC(C)(C)C)C(=O)OC(C)(C)C. The van der Waals surface area contributed by atoms with E-state index in [1.165, 1.54) is 6.92 Å². The van der Waals surface area contributed by atoms with Crippen LogP contribution in [0.1, 0.15) is 198 Å². The zero-order chi connectivity index (χ0) is 75.1. The molecule has 4 atom stereocenters. The lowest BCUT2D eigenvalue weighted by Crippen LogP contribution is -2.52. The van der Waals surface area contributed by atoms with Crippen molar-refractivity contribution in [3.8, 4) is 0 Å². The molecule has 566 valence electrons. The van der Waals surface area contributed by atoms with Gasteiger partial charge in [-0.05, 0) is 196 Å². The molecular weight excluding hydrogens is 1300 g/mol. The molecule has 27 nitrogen and oxygen atoms in total. The van der Waals surface area contributed by atoms with E-state index in [2.05, 4.69) is 37.2 Å². The molecule has 4 rings (SSSR count). The third-order valence-corrected chi connectivity index (χ3v) is 16.8. The first-order valence-corrected chi connectivity index (χ1v) is 36.0. The normalized spacial score (nSPS) is 17.2. The standard InChI is InChI=1S/C74H118N10O17/c1-50(85)56(80-70(97)81-58(69(96)101-74(11,12)13)34-35-63(90)98-71(2,3)4)24-18-21-37-76-68(95)59(45-52-30-31-53-22-14-15-23-55(53)44-52)79-66(93)54-32-28-51(29-33-54)46-77-67(94)57(78-60(86)26-16-17-27-62(88)89)25-19-20-36-75-61(87)47-82-38-40-83(48-64(91)99-72(5,6)7)42-43-84(41-39-82)49-65(92)100-73(8,9)10/h14-15,22-23,30-31,44,51,54,56-59H,16-21,24-29,32-43,45-49H2,1-13H3,(H,75,87)(H,76,95)(H,77,94)(H,78,86)(H,79,93)(H,88,89)(H2,80,81,97)/t51?,54?,56-,57-,58-,59?/m0/s1. The van der Waals surface area contributed by atoms with Crippen molar-refractivity contribution >= 4 is 82.0 Å². The van der Waals surface area contributed by atoms with Gasteiger partial charge in [0.05, 0.1) is 25.7 Å². The number of carboxylic acids is 1. The van der Waals surface area contributed by atoms with Crippen LogP contribution in [0.3, 0.4) is 0 Å². The Labute approximate surface area is 597 Å². The number of carbonyl (C=O) groups excluding carboxylic acids is 11. The first-order chi connectivity index (χ1) is 47.3. The lowest BCUT2D eigenvalue weighted by molar-refractivity contribution is -0.159. The van der Waals surface area contributed by atoms with Crippen molar-refractivity contribution in [2.75, 3.05) is 78.5 Å². The number of rotatable bonds is 37. The molecule has 8 N–H and O–H groups in total. The van der Waals surface area contributed by atoms with Crippen molar-refractivity contribution in [2.45, 2.75) is 246 Å². The molecule has 27 heteroatoms. The lowest BCUT2D eigenvalue weighted by atomic mass is 9.81. The fourth-order valence-electron chi connectivity index (χ4n) is 11.7. The van der Waals surface area contributed by atoms with E-state index in [-0.39, 0.29) is 125 Å². The van der Waals surface area contributed by atoms with Gasteiger partial charge in [0.1, 0.15) is 40.5 Å². The number of unbranched alkanes of at least 4 members (excludes halogenated alkanes) is 3. The summed E-state index contributed by atoms with van der Waals surface area (Å²) in [5, 5.41) is 31.2. The number of carboxylic acid groups (broad SMARTS) is 1. The number of carbonyl (C=O) groups is 12. The van der Waals surface area contributed by atoms with Gasteiger partial charge >= 0.3 is 35.9 Å². The van der Waals surface area contributed by atoms with Gasteiger partial charge in [-0.2, -0.15) is 0 Å². The van der Waals surface area contributed by atoms with Crippen LogP contribution in [0.4, 0.5) is 4.79 Å². The average molecular weight is 1420 g/mol. The topological polar surface area (TPSA) is 356 Å². The molecule has 0 bridgehead atoms. The van der Waals surface area contributed by atoms with Crippen molar-refractivity contribution in [2.24, 2.45) is 11.8 Å². The van der Waals surface area contributed by atoms with E-state index in [1.54, 1.807) is 83.1 Å². The Hall–Kier alpha value is -7.78. The van der Waals surface area contributed by atoms with Gasteiger partial charge in [-0.3, -0.25) is 62.6 Å². The number of hydrogen-bond acceptors (Lipinski definition) is 19. The molecule has 1 heterocycles. The van der Waals surface area contributed by atoms with Crippen molar-refractivity contribution < 1.29 is 81.6 Å². The van der Waals surface area contributed by atoms with Crippen LogP contribution in [-0.2, 0) is 78.1 Å². The molecular formula is C74H118N10O17. The van der Waals surface area contributed by atoms with Gasteiger partial charge in [0.25, 0.3) is 0 Å². The van der Waals surface area contributed by atoms with Gasteiger partial charge in [0.15, 0.2) is 5.78 Å². The number of benzene rings is 2. The summed E-state index contributed by atoms with van der Waals surface area (Å²) in [4.78, 5) is 163. The number of fused-ring (bicyclic) bond motifs is 1. The fourth-order valence-corrected chi connectivity index (χ4v) is 11.7. The smallest absolute Gasteiger partial charge is 0.329 e. The molecule has 0 radical (unpaired) electrons. The number of Topliss-reactive ketones (excluding diaryl/α,β-unsaturated/α-hetero) is 1. The van der Waals surface area contributed by atoms with Gasteiger partial charge in [-0.25, -0.2) is 9.59 Å². The van der Waals surface area contributed by atoms with E-state index < -0.39 is 82.3 Å². The Balaban J connectivity index is 1.32. The molecule has 7 amide bonds. The van der Waals surface area contributed by atoms with Crippen LogP contribution < -0.4 is 37.2 Å². The summed E-state index contributed by atoms with van der Waals surface area (Å²) in [6, 6.07) is 8.89. The maximum atomic E-state index is 14.1. The third-order valence-electron chi connectivity index (χ3n) is 16.8. The Kier molecular flexibility index (Phi) is 35.6. The number of urea groups is 1. The molecule has 0 aromatic heterocycles. The van der Waals surface area contributed by atoms with Crippen LogP contribution in [0.15, 0.2) is 42.5 Å². The van der Waals surface area contributed by atoms with Gasteiger partial charge in [-0.1, -0.05) is 42.5 Å². The molecule has 2 aliphatic rings. The van der Waals surface area contributed by atoms with E-state index in [9.17, 15) is 57.5 Å². The number of nitrogens with zero attached hydrogens (tertiary/aromatic N) is 3. The highest BCUT2D eigenvalue weighted by Crippen LogP contribution is 2.29. The molecule has 2 aromatic rings. The van der Waals surface area contributed by atoms with Crippen molar-refractivity contribution in [1.29, 1.82) is 0 Å². The van der Waals surface area contributed by atoms with Gasteiger partial charge in [-0.15, -0.1) is 0 Å². The molecule has 2 aromatic carbocycles. The quantitative estimate of drug-likeness (QED) is 0.0212. The molecule has 101 heavy (non-hydrogen) atoms. The largest absolute Gasteiger partial charge is 0.481 e. The minimum absolute atomic E-state index is 0.0125. The monoisotopic (exact) mass is 1420 g/mol. The Morgan fingerprint density at radius 3 is 1.51 bits per heavy atom. The first kappa shape index (κ1) is 85.6. The Bertz CT molecular complexity index is 3030. The zero-order valence-electron chi connectivity index (χ0n) is 62.3. The Morgan fingerprint density at radius 1 is 0.475 bits per heavy atom. The third kappa shape index (κ3) is 37.1. The van der Waals surface area contributed by atoms with Crippen LogP contribution in [0.25, 0.3) is 10.8 Å². The molecule has 2 fully saturated rings. The summed E-state index contributed by atoms with van der Waals surface area (Å²) in [5.74, 6) is -5.44. The van der Waals surface area contributed by atoms with Crippen molar-refractivity contribution in [1.82, 2.24) is 51.9 Å². The second kappa shape index (κ2) is 42.0. The van der Waals surface area contributed by atoms with Crippen LogP contribution in [-0.4, -0.2) is 216 Å². The summed E-state index contributed by atoms with van der Waals surface area (Å²) < 4.78 is 22.1. The molecule has 1 aliphatic carbocycles. The number of ketones is 1. The van der Waals surface area contributed by atoms with E-state index in [0.29, 0.717) is 110 Å². The number of amides is 7. The zero-order valence-corrected chi connectivity index (χ0v) is 62.3. The van der Waals surface area contributed by atoms with Crippen LogP contribution in [0.2, 0.25) is 0 Å². The van der Waals surface area contributed by atoms with E-state index >= 15 is 0 Å². The predicted octanol–water partition coefficient (Wildman–Crippen LogP) is 6.18. The number of aliphatic carboxylic acids is 1. The summed E-state index contributed by atoms with van der Waals surface area (Å²) in [6.45, 7) is 26.2. The van der Waals surface area contributed by atoms with Gasteiger partial charge in [0.2, 0.25) is 29.5 Å². The van der Waals surface area contributed by atoms with E-state index in [4.69, 9.17) is 24.1 Å². The van der Waals surface area contributed by atoms with E-state index in [0.717, 1.165) is 16.3 Å². The van der Waals surface area contributed by atoms with Crippen LogP contribution in [0, 0.1) is 11.8 Å². The second-order valence-corrected chi connectivity index (χ2v) is 30.8. The van der Waals surface area contributed by atoms with Crippen molar-refractivity contribution in [3.05, 3.63) is 48.0 Å². The first-order valence-electron chi connectivity index (χ1n) is 36.0. The molecule has 1 unspecified atom stereocenters. The highest BCUT2D eigenvalue weighted by molar-refractivity contribution is 5.91. The average Bonchev–Trinajstić information content (AvgIpc) is 1.10. The number of ether oxygens (including phenoxy) is 4. The summed E-state index contributed by atoms with van der Waals surface area (Å²) in [6.07, 6.45) is 4.91. The maximum Gasteiger partial charge on any atom is 0.329 e. The molecule has 0 spiro atoms. The van der Waals surface area contributed by atoms with Gasteiger partial charge < -0.3 is 61.3 Å². The van der Waals surface area contributed by atoms with E-state index in [1.807, 2.05) is 57.2 Å². The number of hydrogen-bond donors (Lipinski definition) is 8. The van der Waals surface area contributed by atoms with Gasteiger partial charge in [0, 0.05) is 90.5 Å². The molecule has 1 aliphatic heterocycles. The van der Waals surface area contributed by atoms with Crippen molar-refractivity contribution in [3.63, 3.8) is 0 Å². The minimum atomic E-state index is -1.22. The van der Waals surface area contributed by atoms with Crippen LogP contribution >= 0.6 is 0 Å². The highest BCUT2D eigenvalue weighted by atomic mass is 16.6. The van der Waals surface area contributed by atoms with Crippen LogP contribution in [0.5, 0.6) is 0 Å². The fraction of sp³-hybridized carbons (Fsp3) is 0.703. The molecule has 1 saturated heterocycles. The summed E-state index contributed by atoms with van der Waals surface area (Å²) >= 11 is 0. The maximum absolute atomic E-state index is 14.1.